The van der Waals surface area contributed by atoms with E-state index < -0.39 is 5.91 Å². The molecule has 24 heavy (non-hydrogen) atoms. The van der Waals surface area contributed by atoms with Crippen molar-refractivity contribution in [3.8, 4) is 11.5 Å². The Morgan fingerprint density at radius 2 is 1.92 bits per heavy atom. The molecule has 0 radical (unpaired) electrons. The Bertz CT molecular complexity index is 786. The Hall–Kier alpha value is -1.83. The number of amides is 1. The quantitative estimate of drug-likeness (QED) is 0.712. The zero-order valence-electron chi connectivity index (χ0n) is 12.9. The normalized spacial score (nSPS) is 10.0. The predicted molar refractivity (Wildman–Crippen MR) is 102 cm³/mol. The molecule has 0 fully saturated rings. The van der Waals surface area contributed by atoms with Gasteiger partial charge in [0.15, 0.2) is 5.11 Å². The van der Waals surface area contributed by atoms with E-state index in [2.05, 4.69) is 26.6 Å². The molecular weight excluding hydrogens is 416 g/mol. The molecule has 1 amide bonds. The number of hydrogen-bond acceptors (Lipinski definition) is 4. The standard InChI is InChI=1S/C16H14BrClN2O3S/c1-22-10-4-6-13(14(8-10)23-2)19-16(24)20-15(21)11-7-9(17)3-5-12(11)18/h3-8H,1-2H3,(H2,19,20,21,24). The van der Waals surface area contributed by atoms with Crippen molar-refractivity contribution >= 4 is 56.5 Å². The van der Waals surface area contributed by atoms with E-state index in [-0.39, 0.29) is 5.11 Å². The highest BCUT2D eigenvalue weighted by Gasteiger charge is 2.14. The number of thiocarbonyl (C=S) groups is 1. The molecule has 5 nitrogen and oxygen atoms in total. The summed E-state index contributed by atoms with van der Waals surface area (Å²) in [5.41, 5.74) is 0.917. The van der Waals surface area contributed by atoms with Gasteiger partial charge in [-0.1, -0.05) is 27.5 Å². The van der Waals surface area contributed by atoms with Gasteiger partial charge in [0.25, 0.3) is 5.91 Å². The fraction of sp³-hybridized carbons (Fsp3) is 0.125. The molecule has 0 saturated carbocycles. The van der Waals surface area contributed by atoms with Crippen molar-refractivity contribution in [3.05, 3.63) is 51.5 Å². The zero-order chi connectivity index (χ0) is 17.7. The minimum Gasteiger partial charge on any atom is -0.497 e. The highest BCUT2D eigenvalue weighted by Crippen LogP contribution is 2.29. The monoisotopic (exact) mass is 428 g/mol. The summed E-state index contributed by atoms with van der Waals surface area (Å²) in [6.07, 6.45) is 0. The number of hydrogen-bond donors (Lipinski definition) is 2. The number of anilines is 1. The Morgan fingerprint density at radius 1 is 1.17 bits per heavy atom. The van der Waals surface area contributed by atoms with Crippen LogP contribution in [0.2, 0.25) is 5.02 Å². The van der Waals surface area contributed by atoms with Crippen LogP contribution < -0.4 is 20.1 Å². The summed E-state index contributed by atoms with van der Waals surface area (Å²) in [5, 5.41) is 5.95. The number of nitrogens with one attached hydrogen (secondary N) is 2. The van der Waals surface area contributed by atoms with Crippen molar-refractivity contribution in [2.75, 3.05) is 19.5 Å². The maximum absolute atomic E-state index is 12.3. The highest BCUT2D eigenvalue weighted by atomic mass is 79.9. The lowest BCUT2D eigenvalue weighted by molar-refractivity contribution is 0.0978. The van der Waals surface area contributed by atoms with E-state index in [1.54, 1.807) is 43.5 Å². The molecule has 126 valence electrons. The van der Waals surface area contributed by atoms with Crippen molar-refractivity contribution in [1.82, 2.24) is 5.32 Å². The molecule has 2 N–H and O–H groups in total. The molecule has 0 aliphatic rings. The van der Waals surface area contributed by atoms with Crippen molar-refractivity contribution in [1.29, 1.82) is 0 Å². The first-order chi connectivity index (χ1) is 11.4. The summed E-state index contributed by atoms with van der Waals surface area (Å²) in [5.74, 6) is 0.769. The lowest BCUT2D eigenvalue weighted by atomic mass is 10.2. The van der Waals surface area contributed by atoms with Gasteiger partial charge in [0.2, 0.25) is 0 Å². The molecule has 2 aromatic carbocycles. The molecular formula is C16H14BrClN2O3S. The van der Waals surface area contributed by atoms with Crippen LogP contribution in [0.3, 0.4) is 0 Å². The van der Waals surface area contributed by atoms with Gasteiger partial charge in [-0.2, -0.15) is 0 Å². The van der Waals surface area contributed by atoms with Gasteiger partial charge in [-0.05, 0) is 42.5 Å². The van der Waals surface area contributed by atoms with E-state index in [9.17, 15) is 4.79 Å². The predicted octanol–water partition coefficient (Wildman–Crippen LogP) is 4.25. The van der Waals surface area contributed by atoms with Gasteiger partial charge in [0.05, 0.1) is 30.5 Å². The zero-order valence-corrected chi connectivity index (χ0v) is 16.0. The van der Waals surface area contributed by atoms with Crippen molar-refractivity contribution < 1.29 is 14.3 Å². The Morgan fingerprint density at radius 3 is 2.58 bits per heavy atom. The first kappa shape index (κ1) is 18.5. The highest BCUT2D eigenvalue weighted by molar-refractivity contribution is 9.10. The van der Waals surface area contributed by atoms with Crippen LogP contribution in [-0.2, 0) is 0 Å². The number of ether oxygens (including phenoxy) is 2. The number of benzene rings is 2. The molecule has 0 bridgehead atoms. The average molecular weight is 430 g/mol. The average Bonchev–Trinajstić information content (AvgIpc) is 2.57. The van der Waals surface area contributed by atoms with Crippen LogP contribution in [0.1, 0.15) is 10.4 Å². The largest absolute Gasteiger partial charge is 0.497 e. The summed E-state index contributed by atoms with van der Waals surface area (Å²) < 4.78 is 11.1. The van der Waals surface area contributed by atoms with Gasteiger partial charge in [-0.15, -0.1) is 0 Å². The second kappa shape index (κ2) is 8.32. The summed E-state index contributed by atoms with van der Waals surface area (Å²) in [6.45, 7) is 0. The lowest BCUT2D eigenvalue weighted by Crippen LogP contribution is -2.34. The van der Waals surface area contributed by atoms with Crippen LogP contribution in [0.5, 0.6) is 11.5 Å². The van der Waals surface area contributed by atoms with Gasteiger partial charge in [-0.25, -0.2) is 0 Å². The number of carbonyl (C=O) groups excluding carboxylic acids is 1. The maximum atomic E-state index is 12.3. The number of halogens is 2. The van der Waals surface area contributed by atoms with Crippen LogP contribution in [0, 0.1) is 0 Å². The van der Waals surface area contributed by atoms with Crippen molar-refractivity contribution in [2.45, 2.75) is 0 Å². The Labute approximate surface area is 158 Å². The molecule has 0 aromatic heterocycles. The van der Waals surface area contributed by atoms with Gasteiger partial charge < -0.3 is 14.8 Å². The minimum absolute atomic E-state index is 0.125. The second-order valence-corrected chi connectivity index (χ2v) is 6.33. The molecule has 0 atom stereocenters. The molecule has 0 spiro atoms. The number of rotatable bonds is 4. The molecule has 8 heteroatoms. The summed E-state index contributed by atoms with van der Waals surface area (Å²) >= 11 is 14.5. The van der Waals surface area contributed by atoms with E-state index in [4.69, 9.17) is 33.3 Å². The van der Waals surface area contributed by atoms with Gasteiger partial charge in [0.1, 0.15) is 11.5 Å². The number of carbonyl (C=O) groups is 1. The van der Waals surface area contributed by atoms with E-state index in [0.717, 1.165) is 4.47 Å². The minimum atomic E-state index is -0.411. The first-order valence-corrected chi connectivity index (χ1v) is 8.32. The van der Waals surface area contributed by atoms with Crippen LogP contribution >= 0.6 is 39.7 Å². The summed E-state index contributed by atoms with van der Waals surface area (Å²) in [6, 6.07) is 10.2. The van der Waals surface area contributed by atoms with Crippen molar-refractivity contribution in [2.24, 2.45) is 0 Å². The smallest absolute Gasteiger partial charge is 0.258 e. The van der Waals surface area contributed by atoms with Crippen LogP contribution in [-0.4, -0.2) is 25.2 Å². The van der Waals surface area contributed by atoms with Gasteiger partial charge >= 0.3 is 0 Å². The van der Waals surface area contributed by atoms with E-state index in [0.29, 0.717) is 27.8 Å². The molecule has 0 aliphatic carbocycles. The Kier molecular flexibility index (Phi) is 6.42. The molecule has 0 unspecified atom stereocenters. The number of methoxy groups -OCH3 is 2. The topological polar surface area (TPSA) is 59.6 Å². The van der Waals surface area contributed by atoms with E-state index in [1.807, 2.05) is 0 Å². The second-order valence-electron chi connectivity index (χ2n) is 4.60. The summed E-state index contributed by atoms with van der Waals surface area (Å²) in [7, 11) is 3.09. The molecule has 0 heterocycles. The van der Waals surface area contributed by atoms with Gasteiger partial charge in [0, 0.05) is 10.5 Å². The third kappa shape index (κ3) is 4.59. The van der Waals surface area contributed by atoms with Crippen LogP contribution in [0.4, 0.5) is 5.69 Å². The molecule has 2 rings (SSSR count). The molecule has 2 aromatic rings. The SMILES string of the molecule is COc1ccc(NC(=S)NC(=O)c2cc(Br)ccc2Cl)c(OC)c1. The fourth-order valence-electron chi connectivity index (χ4n) is 1.90. The maximum Gasteiger partial charge on any atom is 0.258 e. The Balaban J connectivity index is 2.10. The van der Waals surface area contributed by atoms with Crippen LogP contribution in [0.15, 0.2) is 40.9 Å². The van der Waals surface area contributed by atoms with E-state index in [1.165, 1.54) is 7.11 Å². The lowest BCUT2D eigenvalue weighted by Gasteiger charge is -2.14. The van der Waals surface area contributed by atoms with Crippen molar-refractivity contribution in [3.63, 3.8) is 0 Å². The fourth-order valence-corrected chi connectivity index (χ4v) is 2.66. The third-order valence-corrected chi connectivity index (χ3v) is 4.08. The van der Waals surface area contributed by atoms with Crippen LogP contribution in [0.25, 0.3) is 0 Å². The first-order valence-electron chi connectivity index (χ1n) is 6.74. The summed E-state index contributed by atoms with van der Waals surface area (Å²) in [4.78, 5) is 12.3. The molecule has 0 aliphatic heterocycles. The van der Waals surface area contributed by atoms with Gasteiger partial charge in [-0.3, -0.25) is 10.1 Å². The molecule has 0 saturated heterocycles. The van der Waals surface area contributed by atoms with E-state index >= 15 is 0 Å². The third-order valence-electron chi connectivity index (χ3n) is 3.06.